The first-order valence-electron chi connectivity index (χ1n) is 11.2. The van der Waals surface area contributed by atoms with E-state index in [9.17, 15) is 14.5 Å². The molecule has 1 aliphatic rings. The van der Waals surface area contributed by atoms with Gasteiger partial charge in [0.25, 0.3) is 11.2 Å². The van der Waals surface area contributed by atoms with Gasteiger partial charge in [0.2, 0.25) is 0 Å². The van der Waals surface area contributed by atoms with E-state index < -0.39 is 18.8 Å². The summed E-state index contributed by atoms with van der Waals surface area (Å²) in [6.07, 6.45) is 0. The Kier molecular flexibility index (Phi) is 5.93. The predicted molar refractivity (Wildman–Crippen MR) is 134 cm³/mol. The molecule has 5 rings (SSSR count). The Labute approximate surface area is 203 Å². The molecule has 0 fully saturated rings. The number of rotatable bonds is 7. The molecule has 4 aromatic carbocycles. The number of carbonyl (C=O) groups is 1. The maximum Gasteiger partial charge on any atom is 0.476 e. The number of hydrogen-bond acceptors (Lipinski definition) is 5. The van der Waals surface area contributed by atoms with Gasteiger partial charge in [-0.3, -0.25) is 4.79 Å². The van der Waals surface area contributed by atoms with Crippen molar-refractivity contribution in [2.75, 3.05) is 4.90 Å². The number of hydrogen-bond donors (Lipinski definition) is 1. The summed E-state index contributed by atoms with van der Waals surface area (Å²) < 4.78 is 26.4. The second kappa shape index (κ2) is 9.06. The van der Waals surface area contributed by atoms with E-state index in [4.69, 9.17) is 9.05 Å². The summed E-state index contributed by atoms with van der Waals surface area (Å²) in [5.74, 6) is -0.343. The molecule has 35 heavy (non-hydrogen) atoms. The number of aliphatic hydroxyl groups is 1. The largest absolute Gasteiger partial charge is 0.476 e. The Morgan fingerprint density at radius 2 is 1.31 bits per heavy atom. The summed E-state index contributed by atoms with van der Waals surface area (Å²) in [5.41, 5.74) is 2.30. The van der Waals surface area contributed by atoms with Gasteiger partial charge < -0.3 is 19.1 Å². The second-order valence-electron chi connectivity index (χ2n) is 8.38. The highest BCUT2D eigenvalue weighted by atomic mass is 31.2. The van der Waals surface area contributed by atoms with Crippen molar-refractivity contribution in [2.24, 2.45) is 0 Å². The van der Waals surface area contributed by atoms with E-state index in [-0.39, 0.29) is 23.6 Å². The maximum absolute atomic E-state index is 14.6. The molecule has 1 unspecified atom stereocenters. The standard InChI is InChI=1S/C28H24NO5P/c1-21-17-18-26-25(19-21)28(31,27(30)29(26)20-22-11-5-2-6-12-22)35(32,33-23-13-7-3-8-14-23)34-24-15-9-4-10-16-24/h2-19,31H,20H2,1H3. The molecule has 0 radical (unpaired) electrons. The lowest BCUT2D eigenvalue weighted by Gasteiger charge is -2.31. The van der Waals surface area contributed by atoms with Crippen LogP contribution in [0, 0.1) is 6.92 Å². The van der Waals surface area contributed by atoms with Crippen molar-refractivity contribution in [2.45, 2.75) is 18.8 Å². The van der Waals surface area contributed by atoms with E-state index in [1.807, 2.05) is 43.3 Å². The fourth-order valence-corrected chi connectivity index (χ4v) is 6.09. The van der Waals surface area contributed by atoms with Crippen LogP contribution in [0.2, 0.25) is 0 Å². The lowest BCUT2D eigenvalue weighted by molar-refractivity contribution is -0.130. The number of amides is 1. The molecule has 0 saturated carbocycles. The number of fused-ring (bicyclic) bond motifs is 1. The van der Waals surface area contributed by atoms with E-state index >= 15 is 0 Å². The van der Waals surface area contributed by atoms with E-state index in [2.05, 4.69) is 0 Å². The number of aryl methyl sites for hydroxylation is 1. The topological polar surface area (TPSA) is 76.1 Å². The third-order valence-corrected chi connectivity index (χ3v) is 8.01. The van der Waals surface area contributed by atoms with Gasteiger partial charge >= 0.3 is 7.60 Å². The Morgan fingerprint density at radius 3 is 1.86 bits per heavy atom. The summed E-state index contributed by atoms with van der Waals surface area (Å²) >= 11 is 0. The van der Waals surface area contributed by atoms with Gasteiger partial charge in [0.15, 0.2) is 0 Å². The Bertz CT molecular complexity index is 1350. The maximum atomic E-state index is 14.6. The van der Waals surface area contributed by atoms with Gasteiger partial charge in [-0.2, -0.15) is 0 Å². The average molecular weight is 485 g/mol. The summed E-state index contributed by atoms with van der Waals surface area (Å²) in [6, 6.07) is 31.5. The van der Waals surface area contributed by atoms with Gasteiger partial charge in [-0.25, -0.2) is 4.57 Å². The first-order chi connectivity index (χ1) is 16.9. The van der Waals surface area contributed by atoms with Crippen LogP contribution in [-0.4, -0.2) is 11.0 Å². The molecule has 0 spiro atoms. The zero-order valence-electron chi connectivity index (χ0n) is 19.1. The van der Waals surface area contributed by atoms with Crippen molar-refractivity contribution < 1.29 is 23.5 Å². The van der Waals surface area contributed by atoms with Crippen molar-refractivity contribution in [1.82, 2.24) is 0 Å². The lowest BCUT2D eigenvalue weighted by Crippen LogP contribution is -2.42. The summed E-state index contributed by atoms with van der Waals surface area (Å²) in [4.78, 5) is 15.4. The molecule has 1 atom stereocenters. The van der Waals surface area contributed by atoms with Crippen LogP contribution >= 0.6 is 7.60 Å². The SMILES string of the molecule is Cc1ccc2c(c1)C(O)(P(=O)(Oc1ccccc1)Oc1ccccc1)C(=O)N2Cc1ccccc1. The van der Waals surface area contributed by atoms with Gasteiger partial charge in [0.05, 0.1) is 12.2 Å². The number of carbonyl (C=O) groups excluding carboxylic acids is 1. The van der Waals surface area contributed by atoms with Crippen molar-refractivity contribution in [1.29, 1.82) is 0 Å². The molecule has 0 saturated heterocycles. The van der Waals surface area contributed by atoms with Crippen LogP contribution in [-0.2, 0) is 21.2 Å². The third-order valence-electron chi connectivity index (χ3n) is 5.88. The number of anilines is 1. The minimum absolute atomic E-state index is 0.189. The molecule has 0 aliphatic carbocycles. The molecule has 1 amide bonds. The second-order valence-corrected chi connectivity index (χ2v) is 10.4. The zero-order chi connectivity index (χ0) is 24.5. The predicted octanol–water partition coefficient (Wildman–Crippen LogP) is 6.04. The zero-order valence-corrected chi connectivity index (χ0v) is 20.0. The highest BCUT2D eigenvalue weighted by Crippen LogP contribution is 2.67. The number of para-hydroxylation sites is 2. The fraction of sp³-hybridized carbons (Fsp3) is 0.107. The molecule has 1 aliphatic heterocycles. The van der Waals surface area contributed by atoms with Gasteiger partial charge in [0.1, 0.15) is 11.5 Å². The Hall–Kier alpha value is -3.86. The molecule has 176 valence electrons. The summed E-state index contributed by atoms with van der Waals surface area (Å²) in [6.45, 7) is 2.03. The fourth-order valence-electron chi connectivity index (χ4n) is 4.16. The Balaban J connectivity index is 1.66. The van der Waals surface area contributed by atoms with Crippen LogP contribution < -0.4 is 13.9 Å². The van der Waals surface area contributed by atoms with Crippen LogP contribution in [0.1, 0.15) is 16.7 Å². The van der Waals surface area contributed by atoms with Crippen LogP contribution in [0.5, 0.6) is 11.5 Å². The van der Waals surface area contributed by atoms with Crippen molar-refractivity contribution in [3.63, 3.8) is 0 Å². The third kappa shape index (κ3) is 4.12. The van der Waals surface area contributed by atoms with Gasteiger partial charge in [-0.1, -0.05) is 78.4 Å². The molecular formula is C28H24NO5P. The smallest absolute Gasteiger partial charge is 0.414 e. The minimum Gasteiger partial charge on any atom is -0.414 e. The molecule has 6 nitrogen and oxygen atoms in total. The normalized spacial score (nSPS) is 17.2. The molecule has 1 heterocycles. The molecule has 0 aromatic heterocycles. The molecule has 4 aromatic rings. The minimum atomic E-state index is -4.61. The van der Waals surface area contributed by atoms with Crippen LogP contribution in [0.4, 0.5) is 5.69 Å². The van der Waals surface area contributed by atoms with Crippen LogP contribution in [0.3, 0.4) is 0 Å². The summed E-state index contributed by atoms with van der Waals surface area (Å²) in [5, 5.41) is 9.56. The number of benzene rings is 4. The highest BCUT2D eigenvalue weighted by Gasteiger charge is 2.66. The molecule has 0 bridgehead atoms. The first-order valence-corrected chi connectivity index (χ1v) is 12.7. The monoisotopic (exact) mass is 485 g/mol. The van der Waals surface area contributed by atoms with E-state index in [1.54, 1.807) is 72.8 Å². The van der Waals surface area contributed by atoms with Gasteiger partial charge in [-0.05, 0) is 48.9 Å². The number of nitrogens with zero attached hydrogens (tertiary/aromatic N) is 1. The van der Waals surface area contributed by atoms with Gasteiger partial charge in [0, 0.05) is 5.56 Å². The first kappa shape index (κ1) is 22.9. The quantitative estimate of drug-likeness (QED) is 0.323. The molecular weight excluding hydrogens is 461 g/mol. The van der Waals surface area contributed by atoms with Crippen LogP contribution in [0.25, 0.3) is 0 Å². The van der Waals surface area contributed by atoms with Gasteiger partial charge in [-0.15, -0.1) is 0 Å². The molecule has 1 N–H and O–H groups in total. The highest BCUT2D eigenvalue weighted by molar-refractivity contribution is 7.57. The van der Waals surface area contributed by atoms with E-state index in [0.29, 0.717) is 5.69 Å². The van der Waals surface area contributed by atoms with E-state index in [0.717, 1.165) is 11.1 Å². The Morgan fingerprint density at radius 1 is 0.800 bits per heavy atom. The van der Waals surface area contributed by atoms with Crippen LogP contribution in [0.15, 0.2) is 109 Å². The van der Waals surface area contributed by atoms with Crippen molar-refractivity contribution in [3.05, 3.63) is 126 Å². The lowest BCUT2D eigenvalue weighted by atomic mass is 10.1. The van der Waals surface area contributed by atoms with Crippen molar-refractivity contribution >= 4 is 19.2 Å². The average Bonchev–Trinajstić information content (AvgIpc) is 3.08. The molecule has 7 heteroatoms. The summed E-state index contributed by atoms with van der Waals surface area (Å²) in [7, 11) is -4.61. The van der Waals surface area contributed by atoms with Crippen molar-refractivity contribution in [3.8, 4) is 11.5 Å². The van der Waals surface area contributed by atoms with E-state index in [1.165, 1.54) is 4.90 Å².